The molecule has 4 nitrogen and oxygen atoms in total. The molecule has 0 unspecified atom stereocenters. The molecule has 1 N–H and O–H groups in total. The van der Waals surface area contributed by atoms with Gasteiger partial charge in [0.1, 0.15) is 17.4 Å². The molecule has 0 bridgehead atoms. The van der Waals surface area contributed by atoms with Crippen LogP contribution >= 0.6 is 23.2 Å². The lowest BCUT2D eigenvalue weighted by Gasteiger charge is -2.05. The molecule has 1 aromatic carbocycles. The van der Waals surface area contributed by atoms with Crippen LogP contribution in [0.1, 0.15) is 27.2 Å². The molecule has 1 aromatic heterocycles. The Kier molecular flexibility index (Phi) is 4.03. The van der Waals surface area contributed by atoms with E-state index in [9.17, 15) is 4.79 Å². The molecular formula is C14H10Cl2N2O2. The van der Waals surface area contributed by atoms with E-state index < -0.39 is 5.91 Å². The standard InChI is InChI=1S/C14H10Cl2N2O2/c1-7-8(2)20-14(11(7)6-17)18-13(19)10-5-9(15)3-4-12(10)16/h3-5H,1-2H3,(H,18,19). The highest BCUT2D eigenvalue weighted by Gasteiger charge is 2.18. The Balaban J connectivity index is 2.36. The number of hydrogen-bond donors (Lipinski definition) is 1. The topological polar surface area (TPSA) is 66.0 Å². The minimum atomic E-state index is -0.484. The van der Waals surface area contributed by atoms with Crippen molar-refractivity contribution in [1.29, 1.82) is 5.26 Å². The van der Waals surface area contributed by atoms with Crippen molar-refractivity contribution in [2.24, 2.45) is 0 Å². The summed E-state index contributed by atoms with van der Waals surface area (Å²) in [6.45, 7) is 3.47. The van der Waals surface area contributed by atoms with E-state index in [1.165, 1.54) is 12.1 Å². The van der Waals surface area contributed by atoms with E-state index in [-0.39, 0.29) is 16.5 Å². The lowest BCUT2D eigenvalue weighted by atomic mass is 10.1. The van der Waals surface area contributed by atoms with Gasteiger partial charge in [-0.2, -0.15) is 5.26 Å². The maximum absolute atomic E-state index is 12.2. The van der Waals surface area contributed by atoms with Crippen LogP contribution in [0.3, 0.4) is 0 Å². The number of nitrogens with zero attached hydrogens (tertiary/aromatic N) is 1. The Hall–Kier alpha value is -1.96. The van der Waals surface area contributed by atoms with E-state index in [0.717, 1.165) is 0 Å². The molecule has 0 aliphatic rings. The predicted octanol–water partition coefficient (Wildman–Crippen LogP) is 4.33. The van der Waals surface area contributed by atoms with Crippen LogP contribution in [0.5, 0.6) is 0 Å². The second kappa shape index (κ2) is 5.58. The SMILES string of the molecule is Cc1oc(NC(=O)c2cc(Cl)ccc2Cl)c(C#N)c1C. The average Bonchev–Trinajstić information content (AvgIpc) is 2.67. The van der Waals surface area contributed by atoms with Gasteiger partial charge in [0.05, 0.1) is 10.6 Å². The molecule has 102 valence electrons. The Labute approximate surface area is 125 Å². The molecule has 0 aliphatic heterocycles. The quantitative estimate of drug-likeness (QED) is 0.898. The van der Waals surface area contributed by atoms with Crippen molar-refractivity contribution in [3.8, 4) is 6.07 Å². The number of anilines is 1. The third-order valence-corrected chi connectivity index (χ3v) is 3.46. The van der Waals surface area contributed by atoms with Crippen LogP contribution in [-0.2, 0) is 0 Å². The lowest BCUT2D eigenvalue weighted by Crippen LogP contribution is -2.12. The zero-order valence-electron chi connectivity index (χ0n) is 10.8. The fraction of sp³-hybridized carbons (Fsp3) is 0.143. The highest BCUT2D eigenvalue weighted by Crippen LogP contribution is 2.27. The number of aryl methyl sites for hydroxylation is 1. The summed E-state index contributed by atoms with van der Waals surface area (Å²) in [7, 11) is 0. The number of halogens is 2. The van der Waals surface area contributed by atoms with Crippen LogP contribution in [0.25, 0.3) is 0 Å². The summed E-state index contributed by atoms with van der Waals surface area (Å²) in [5.74, 6) is 0.209. The number of furan rings is 1. The summed E-state index contributed by atoms with van der Waals surface area (Å²) in [6.07, 6.45) is 0. The number of carbonyl (C=O) groups is 1. The van der Waals surface area contributed by atoms with Crippen molar-refractivity contribution in [2.45, 2.75) is 13.8 Å². The van der Waals surface area contributed by atoms with Gasteiger partial charge in [-0.05, 0) is 32.0 Å². The third kappa shape index (κ3) is 2.64. The second-order valence-corrected chi connectivity index (χ2v) is 5.02. The molecule has 6 heteroatoms. The van der Waals surface area contributed by atoms with Gasteiger partial charge in [0.15, 0.2) is 0 Å². The zero-order valence-corrected chi connectivity index (χ0v) is 12.3. The molecule has 0 atom stereocenters. The van der Waals surface area contributed by atoms with Crippen LogP contribution in [0.4, 0.5) is 5.88 Å². The summed E-state index contributed by atoms with van der Waals surface area (Å²) in [6, 6.07) is 6.57. The van der Waals surface area contributed by atoms with Crippen molar-refractivity contribution in [3.05, 3.63) is 50.7 Å². The van der Waals surface area contributed by atoms with Crippen LogP contribution in [0.2, 0.25) is 10.0 Å². The first kappa shape index (κ1) is 14.4. The number of hydrogen-bond acceptors (Lipinski definition) is 3. The van der Waals surface area contributed by atoms with Crippen molar-refractivity contribution >= 4 is 35.0 Å². The Morgan fingerprint density at radius 3 is 2.70 bits per heavy atom. The van der Waals surface area contributed by atoms with E-state index in [1.807, 2.05) is 6.07 Å². The molecule has 0 aliphatic carbocycles. The Morgan fingerprint density at radius 1 is 1.35 bits per heavy atom. The van der Waals surface area contributed by atoms with Gasteiger partial charge in [0.25, 0.3) is 5.91 Å². The first-order valence-electron chi connectivity index (χ1n) is 5.70. The van der Waals surface area contributed by atoms with Crippen molar-refractivity contribution in [1.82, 2.24) is 0 Å². The minimum absolute atomic E-state index is 0.114. The van der Waals surface area contributed by atoms with Crippen LogP contribution in [-0.4, -0.2) is 5.91 Å². The van der Waals surface area contributed by atoms with E-state index in [4.69, 9.17) is 32.9 Å². The van der Waals surface area contributed by atoms with Gasteiger partial charge >= 0.3 is 0 Å². The highest BCUT2D eigenvalue weighted by atomic mass is 35.5. The smallest absolute Gasteiger partial charge is 0.259 e. The van der Waals surface area contributed by atoms with Gasteiger partial charge < -0.3 is 4.42 Å². The van der Waals surface area contributed by atoms with Gasteiger partial charge in [-0.1, -0.05) is 23.2 Å². The van der Waals surface area contributed by atoms with Crippen molar-refractivity contribution in [2.75, 3.05) is 5.32 Å². The number of amides is 1. The van der Waals surface area contributed by atoms with E-state index >= 15 is 0 Å². The summed E-state index contributed by atoms with van der Waals surface area (Å²) in [5.41, 5.74) is 1.21. The van der Waals surface area contributed by atoms with Crippen molar-refractivity contribution in [3.63, 3.8) is 0 Å². The van der Waals surface area contributed by atoms with Gasteiger partial charge in [-0.15, -0.1) is 0 Å². The molecule has 2 rings (SSSR count). The molecule has 20 heavy (non-hydrogen) atoms. The number of carbonyl (C=O) groups excluding carboxylic acids is 1. The number of nitrogens with one attached hydrogen (secondary N) is 1. The normalized spacial score (nSPS) is 10.2. The summed E-state index contributed by atoms with van der Waals surface area (Å²) >= 11 is 11.8. The molecule has 0 spiro atoms. The molecule has 0 saturated heterocycles. The van der Waals surface area contributed by atoms with Crippen LogP contribution < -0.4 is 5.32 Å². The molecule has 0 radical (unpaired) electrons. The maximum atomic E-state index is 12.2. The molecular weight excluding hydrogens is 299 g/mol. The van der Waals surface area contributed by atoms with Crippen LogP contribution in [0.15, 0.2) is 22.6 Å². The summed E-state index contributed by atoms with van der Waals surface area (Å²) in [5, 5.41) is 12.3. The van der Waals surface area contributed by atoms with Gasteiger partial charge in [-0.25, -0.2) is 0 Å². The Morgan fingerprint density at radius 2 is 2.05 bits per heavy atom. The second-order valence-electron chi connectivity index (χ2n) is 4.18. The predicted molar refractivity (Wildman–Crippen MR) is 77.3 cm³/mol. The fourth-order valence-corrected chi connectivity index (χ4v) is 2.07. The molecule has 2 aromatic rings. The number of nitriles is 1. The molecule has 1 amide bonds. The molecule has 0 fully saturated rings. The highest BCUT2D eigenvalue weighted by molar-refractivity contribution is 6.36. The average molecular weight is 309 g/mol. The molecule has 0 saturated carbocycles. The molecule has 1 heterocycles. The first-order chi connectivity index (χ1) is 9.43. The van der Waals surface area contributed by atoms with E-state index in [2.05, 4.69) is 5.32 Å². The van der Waals surface area contributed by atoms with Crippen molar-refractivity contribution < 1.29 is 9.21 Å². The summed E-state index contributed by atoms with van der Waals surface area (Å²) < 4.78 is 5.37. The summed E-state index contributed by atoms with van der Waals surface area (Å²) in [4.78, 5) is 12.2. The fourth-order valence-electron chi connectivity index (χ4n) is 1.69. The van der Waals surface area contributed by atoms with Gasteiger partial charge in [-0.3, -0.25) is 10.1 Å². The minimum Gasteiger partial charge on any atom is -0.444 e. The van der Waals surface area contributed by atoms with Gasteiger partial charge in [0.2, 0.25) is 5.88 Å². The number of rotatable bonds is 2. The van der Waals surface area contributed by atoms with E-state index in [1.54, 1.807) is 19.9 Å². The zero-order chi connectivity index (χ0) is 14.9. The third-order valence-electron chi connectivity index (χ3n) is 2.90. The Bertz CT molecular complexity index is 730. The monoisotopic (exact) mass is 308 g/mol. The maximum Gasteiger partial charge on any atom is 0.259 e. The largest absolute Gasteiger partial charge is 0.444 e. The van der Waals surface area contributed by atoms with Gasteiger partial charge in [0, 0.05) is 10.6 Å². The lowest BCUT2D eigenvalue weighted by molar-refractivity contribution is 0.102. The van der Waals surface area contributed by atoms with Crippen LogP contribution in [0, 0.1) is 25.2 Å². The van der Waals surface area contributed by atoms with E-state index in [0.29, 0.717) is 21.9 Å². The number of benzene rings is 1. The first-order valence-corrected chi connectivity index (χ1v) is 6.46.